The lowest BCUT2D eigenvalue weighted by molar-refractivity contribution is 0.0691. The van der Waals surface area contributed by atoms with E-state index in [1.54, 1.807) is 12.1 Å². The van der Waals surface area contributed by atoms with Gasteiger partial charge in [0.05, 0.1) is 11.8 Å². The molecule has 7 nitrogen and oxygen atoms in total. The van der Waals surface area contributed by atoms with Crippen molar-refractivity contribution in [3.63, 3.8) is 0 Å². The number of carboxylic acid groups (broad SMARTS) is 1. The molecule has 0 spiro atoms. The topological polar surface area (TPSA) is 108 Å². The number of hydrogen-bond acceptors (Lipinski definition) is 5. The summed E-state index contributed by atoms with van der Waals surface area (Å²) < 4.78 is 24.3. The molecule has 112 valence electrons. The smallest absolute Gasteiger partial charge is 0.354 e. The normalized spacial score (nSPS) is 11.5. The van der Waals surface area contributed by atoms with Crippen molar-refractivity contribution in [2.45, 2.75) is 0 Å². The number of carboxylic acids is 1. The predicted octanol–water partition coefficient (Wildman–Crippen LogP) is 0.894. The van der Waals surface area contributed by atoms with Gasteiger partial charge < -0.3 is 10.4 Å². The van der Waals surface area contributed by atoms with Crippen molar-refractivity contribution in [3.05, 3.63) is 36.0 Å². The maximum absolute atomic E-state index is 11.1. The summed E-state index contributed by atoms with van der Waals surface area (Å²) in [6.45, 7) is 0.540. The molecule has 0 unspecified atom stereocenters. The average Bonchev–Trinajstić information content (AvgIpc) is 2.42. The number of benzene rings is 1. The van der Waals surface area contributed by atoms with Crippen LogP contribution in [-0.4, -0.2) is 43.8 Å². The van der Waals surface area contributed by atoms with E-state index in [2.05, 4.69) is 15.0 Å². The minimum atomic E-state index is -3.24. The molecule has 21 heavy (non-hydrogen) atoms. The summed E-state index contributed by atoms with van der Waals surface area (Å²) in [5.41, 5.74) is 1.11. The standard InChI is InChI=1S/C13H15N3O4S/c1-21(19,20)15-7-6-14-11-8-12(13(17)18)16-10-5-3-2-4-9(10)11/h2-5,8,15H,6-7H2,1H3,(H,14,16)(H,17,18). The second-order valence-corrected chi connectivity index (χ2v) is 6.30. The fraction of sp³-hybridized carbons (Fsp3) is 0.231. The van der Waals surface area contributed by atoms with Crippen LogP contribution in [0.3, 0.4) is 0 Å². The van der Waals surface area contributed by atoms with Gasteiger partial charge in [-0.15, -0.1) is 0 Å². The van der Waals surface area contributed by atoms with Crippen LogP contribution in [0.25, 0.3) is 10.9 Å². The van der Waals surface area contributed by atoms with Crippen molar-refractivity contribution in [2.75, 3.05) is 24.7 Å². The van der Waals surface area contributed by atoms with Gasteiger partial charge in [0.25, 0.3) is 0 Å². The van der Waals surface area contributed by atoms with E-state index >= 15 is 0 Å². The third kappa shape index (κ3) is 4.14. The zero-order valence-corrected chi connectivity index (χ0v) is 12.1. The number of nitrogens with one attached hydrogen (secondary N) is 2. The number of hydrogen-bond donors (Lipinski definition) is 3. The Labute approximate surface area is 122 Å². The number of carbonyl (C=O) groups is 1. The van der Waals surface area contributed by atoms with Gasteiger partial charge in [0.15, 0.2) is 5.69 Å². The number of aromatic carboxylic acids is 1. The van der Waals surface area contributed by atoms with Crippen molar-refractivity contribution >= 4 is 32.6 Å². The highest BCUT2D eigenvalue weighted by atomic mass is 32.2. The number of pyridine rings is 1. The number of para-hydroxylation sites is 1. The van der Waals surface area contributed by atoms with E-state index in [0.717, 1.165) is 11.6 Å². The Hall–Kier alpha value is -2.19. The van der Waals surface area contributed by atoms with Gasteiger partial charge in [-0.05, 0) is 12.1 Å². The van der Waals surface area contributed by atoms with Crippen LogP contribution in [-0.2, 0) is 10.0 Å². The molecule has 0 saturated carbocycles. The second kappa shape index (κ2) is 6.06. The highest BCUT2D eigenvalue weighted by Crippen LogP contribution is 2.22. The predicted molar refractivity (Wildman–Crippen MR) is 80.0 cm³/mol. The van der Waals surface area contributed by atoms with Crippen molar-refractivity contribution in [1.82, 2.24) is 9.71 Å². The summed E-state index contributed by atoms with van der Waals surface area (Å²) in [5, 5.41) is 12.9. The Morgan fingerprint density at radius 3 is 2.67 bits per heavy atom. The van der Waals surface area contributed by atoms with Crippen LogP contribution in [0.4, 0.5) is 5.69 Å². The van der Waals surface area contributed by atoms with Gasteiger partial charge in [-0.3, -0.25) is 0 Å². The van der Waals surface area contributed by atoms with Gasteiger partial charge in [-0.25, -0.2) is 22.9 Å². The van der Waals surface area contributed by atoms with Gasteiger partial charge in [0.2, 0.25) is 10.0 Å². The number of rotatable bonds is 6. The lowest BCUT2D eigenvalue weighted by atomic mass is 10.1. The Morgan fingerprint density at radius 1 is 1.29 bits per heavy atom. The summed E-state index contributed by atoms with van der Waals surface area (Å²) in [6, 6.07) is 8.58. The Kier molecular flexibility index (Phi) is 4.39. The molecule has 0 aliphatic heterocycles. The molecule has 0 fully saturated rings. The molecular weight excluding hydrogens is 294 g/mol. The molecule has 0 saturated heterocycles. The molecule has 0 aliphatic carbocycles. The van der Waals surface area contributed by atoms with Gasteiger partial charge in [0.1, 0.15) is 0 Å². The first-order valence-corrected chi connectivity index (χ1v) is 8.07. The Balaban J connectivity index is 2.23. The van der Waals surface area contributed by atoms with E-state index in [1.807, 2.05) is 12.1 Å². The fourth-order valence-electron chi connectivity index (χ4n) is 1.86. The van der Waals surface area contributed by atoms with Gasteiger partial charge in [-0.2, -0.15) is 0 Å². The zero-order valence-electron chi connectivity index (χ0n) is 11.3. The van der Waals surface area contributed by atoms with Crippen molar-refractivity contribution < 1.29 is 18.3 Å². The van der Waals surface area contributed by atoms with Crippen LogP contribution in [0.1, 0.15) is 10.5 Å². The van der Waals surface area contributed by atoms with Crippen LogP contribution < -0.4 is 10.0 Å². The SMILES string of the molecule is CS(=O)(=O)NCCNc1cc(C(=O)O)nc2ccccc12. The average molecular weight is 309 g/mol. The van der Waals surface area contributed by atoms with E-state index in [1.165, 1.54) is 6.07 Å². The molecule has 1 aromatic heterocycles. The highest BCUT2D eigenvalue weighted by Gasteiger charge is 2.10. The molecule has 3 N–H and O–H groups in total. The number of fused-ring (bicyclic) bond motifs is 1. The molecular formula is C13H15N3O4S. The van der Waals surface area contributed by atoms with Gasteiger partial charge in [0, 0.05) is 24.2 Å². The third-order valence-electron chi connectivity index (χ3n) is 2.74. The highest BCUT2D eigenvalue weighted by molar-refractivity contribution is 7.88. The minimum absolute atomic E-state index is 0.0627. The first-order chi connectivity index (χ1) is 9.87. The van der Waals surface area contributed by atoms with Crippen molar-refractivity contribution in [3.8, 4) is 0 Å². The molecule has 2 aromatic rings. The third-order valence-corrected chi connectivity index (χ3v) is 3.47. The molecule has 0 bridgehead atoms. The lowest BCUT2D eigenvalue weighted by Gasteiger charge is -2.10. The molecule has 1 heterocycles. The molecule has 0 radical (unpaired) electrons. The van der Waals surface area contributed by atoms with E-state index in [-0.39, 0.29) is 12.2 Å². The number of sulfonamides is 1. The summed E-state index contributed by atoms with van der Waals surface area (Å²) in [5.74, 6) is -1.11. The van der Waals surface area contributed by atoms with Gasteiger partial charge in [-0.1, -0.05) is 18.2 Å². The monoisotopic (exact) mass is 309 g/mol. The lowest BCUT2D eigenvalue weighted by Crippen LogP contribution is -2.27. The van der Waals surface area contributed by atoms with E-state index < -0.39 is 16.0 Å². The Morgan fingerprint density at radius 2 is 2.00 bits per heavy atom. The van der Waals surface area contributed by atoms with Crippen LogP contribution in [0.2, 0.25) is 0 Å². The molecule has 0 atom stereocenters. The quantitative estimate of drug-likeness (QED) is 0.684. The number of anilines is 1. The van der Waals surface area contributed by atoms with Crippen LogP contribution in [0.5, 0.6) is 0 Å². The van der Waals surface area contributed by atoms with Crippen LogP contribution >= 0.6 is 0 Å². The van der Waals surface area contributed by atoms with Crippen molar-refractivity contribution in [1.29, 1.82) is 0 Å². The molecule has 0 aliphatic rings. The Bertz CT molecular complexity index is 774. The van der Waals surface area contributed by atoms with Crippen LogP contribution in [0.15, 0.2) is 30.3 Å². The maximum atomic E-state index is 11.1. The van der Waals surface area contributed by atoms with Gasteiger partial charge >= 0.3 is 5.97 Å². The second-order valence-electron chi connectivity index (χ2n) is 4.47. The summed E-state index contributed by atoms with van der Waals surface area (Å²) in [6.07, 6.45) is 1.08. The fourth-order valence-corrected chi connectivity index (χ4v) is 2.34. The summed E-state index contributed by atoms with van der Waals surface area (Å²) >= 11 is 0. The maximum Gasteiger partial charge on any atom is 0.354 e. The minimum Gasteiger partial charge on any atom is -0.477 e. The molecule has 0 amide bonds. The number of nitrogens with zero attached hydrogens (tertiary/aromatic N) is 1. The number of aromatic nitrogens is 1. The van der Waals surface area contributed by atoms with E-state index in [4.69, 9.17) is 5.11 Å². The first kappa shape index (κ1) is 15.2. The van der Waals surface area contributed by atoms with E-state index in [0.29, 0.717) is 17.7 Å². The molecule has 1 aromatic carbocycles. The largest absolute Gasteiger partial charge is 0.477 e. The van der Waals surface area contributed by atoms with Crippen molar-refractivity contribution in [2.24, 2.45) is 0 Å². The van der Waals surface area contributed by atoms with Crippen LogP contribution in [0, 0.1) is 0 Å². The first-order valence-electron chi connectivity index (χ1n) is 6.18. The summed E-state index contributed by atoms with van der Waals surface area (Å²) in [4.78, 5) is 15.1. The molecule has 8 heteroatoms. The zero-order chi connectivity index (χ0) is 15.5. The summed E-state index contributed by atoms with van der Waals surface area (Å²) in [7, 11) is -3.24. The molecule has 2 rings (SSSR count). The van der Waals surface area contributed by atoms with E-state index in [9.17, 15) is 13.2 Å².